The Morgan fingerprint density at radius 2 is 2.17 bits per heavy atom. The van der Waals surface area contributed by atoms with Gasteiger partial charge in [0.05, 0.1) is 10.9 Å². The van der Waals surface area contributed by atoms with Gasteiger partial charge in [-0.3, -0.25) is 14.2 Å². The second kappa shape index (κ2) is 3.94. The van der Waals surface area contributed by atoms with Crippen LogP contribution in [0.2, 0.25) is 0 Å². The van der Waals surface area contributed by atoms with Crippen molar-refractivity contribution in [2.24, 2.45) is 5.73 Å². The van der Waals surface area contributed by atoms with Crippen LogP contribution in [0.1, 0.15) is 29.0 Å². The highest BCUT2D eigenvalue weighted by Crippen LogP contribution is 2.15. The van der Waals surface area contributed by atoms with Crippen LogP contribution < -0.4 is 11.3 Å². The molecule has 0 saturated heterocycles. The number of carbonyl (C=O) groups is 1. The van der Waals surface area contributed by atoms with E-state index in [9.17, 15) is 9.59 Å². The Morgan fingerprint density at radius 3 is 2.94 bits per heavy atom. The van der Waals surface area contributed by atoms with E-state index >= 15 is 0 Å². The Morgan fingerprint density at radius 1 is 1.33 bits per heavy atom. The molecule has 5 heteroatoms. The van der Waals surface area contributed by atoms with Crippen LogP contribution in [0, 0.1) is 0 Å². The molecule has 1 aromatic heterocycles. The number of nitrogens with two attached hydrogens (primary N) is 1. The molecule has 0 bridgehead atoms. The SMILES string of the molecule is NC(=O)c1ccc2c(=O)n3c(nc2c1)CCCC3. The van der Waals surface area contributed by atoms with Crippen molar-refractivity contribution in [1.29, 1.82) is 0 Å². The van der Waals surface area contributed by atoms with Gasteiger partial charge in [0.2, 0.25) is 5.91 Å². The Kier molecular flexibility index (Phi) is 2.40. The van der Waals surface area contributed by atoms with Crippen LogP contribution in [0.3, 0.4) is 0 Å². The van der Waals surface area contributed by atoms with Crippen LogP contribution in [-0.4, -0.2) is 15.5 Å². The number of hydrogen-bond acceptors (Lipinski definition) is 3. The molecule has 1 aliphatic heterocycles. The van der Waals surface area contributed by atoms with E-state index in [0.29, 0.717) is 16.5 Å². The molecular formula is C13H13N3O2. The fourth-order valence-corrected chi connectivity index (χ4v) is 2.39. The summed E-state index contributed by atoms with van der Waals surface area (Å²) in [6, 6.07) is 4.80. The molecule has 0 radical (unpaired) electrons. The first-order valence-corrected chi connectivity index (χ1v) is 6.00. The number of primary amides is 1. The fourth-order valence-electron chi connectivity index (χ4n) is 2.39. The zero-order chi connectivity index (χ0) is 12.7. The predicted octanol–water partition coefficient (Wildman–Crippen LogP) is 0.832. The normalized spacial score (nSPS) is 14.4. The van der Waals surface area contributed by atoms with Gasteiger partial charge in [-0.15, -0.1) is 0 Å². The number of rotatable bonds is 1. The van der Waals surface area contributed by atoms with Gasteiger partial charge in [0.15, 0.2) is 0 Å². The first-order chi connectivity index (χ1) is 8.66. The molecule has 0 saturated carbocycles. The summed E-state index contributed by atoms with van der Waals surface area (Å²) < 4.78 is 1.73. The van der Waals surface area contributed by atoms with Crippen LogP contribution >= 0.6 is 0 Å². The largest absolute Gasteiger partial charge is 0.366 e. The third-order valence-corrected chi connectivity index (χ3v) is 3.35. The summed E-state index contributed by atoms with van der Waals surface area (Å²) in [6.07, 6.45) is 2.87. The van der Waals surface area contributed by atoms with E-state index in [1.54, 1.807) is 22.8 Å². The molecule has 2 N–H and O–H groups in total. The molecule has 1 amide bonds. The average molecular weight is 243 g/mol. The van der Waals surface area contributed by atoms with Gasteiger partial charge in [0.1, 0.15) is 5.82 Å². The molecule has 0 unspecified atom stereocenters. The minimum atomic E-state index is -0.503. The fraction of sp³-hybridized carbons (Fsp3) is 0.308. The molecule has 0 fully saturated rings. The highest BCUT2D eigenvalue weighted by molar-refractivity contribution is 5.96. The van der Waals surface area contributed by atoms with Crippen molar-refractivity contribution in [3.63, 3.8) is 0 Å². The first-order valence-electron chi connectivity index (χ1n) is 6.00. The third kappa shape index (κ3) is 1.59. The summed E-state index contributed by atoms with van der Waals surface area (Å²) in [5.41, 5.74) is 6.15. The zero-order valence-electron chi connectivity index (χ0n) is 9.85. The number of aromatic nitrogens is 2. The second-order valence-electron chi connectivity index (χ2n) is 4.54. The number of nitrogens with zero attached hydrogens (tertiary/aromatic N) is 2. The molecule has 2 heterocycles. The van der Waals surface area contributed by atoms with Gasteiger partial charge in [0.25, 0.3) is 5.56 Å². The van der Waals surface area contributed by atoms with Crippen molar-refractivity contribution in [3.05, 3.63) is 39.9 Å². The Hall–Kier alpha value is -2.17. The molecule has 18 heavy (non-hydrogen) atoms. The molecule has 0 aliphatic carbocycles. The maximum atomic E-state index is 12.3. The van der Waals surface area contributed by atoms with E-state index in [0.717, 1.165) is 31.6 Å². The van der Waals surface area contributed by atoms with Gasteiger partial charge in [-0.25, -0.2) is 4.98 Å². The quantitative estimate of drug-likeness (QED) is 0.805. The van der Waals surface area contributed by atoms with Crippen LogP contribution in [0.4, 0.5) is 0 Å². The molecule has 3 rings (SSSR count). The molecular weight excluding hydrogens is 230 g/mol. The minimum Gasteiger partial charge on any atom is -0.366 e. The summed E-state index contributed by atoms with van der Waals surface area (Å²) >= 11 is 0. The van der Waals surface area contributed by atoms with Gasteiger partial charge in [-0.2, -0.15) is 0 Å². The highest BCUT2D eigenvalue weighted by atomic mass is 16.1. The summed E-state index contributed by atoms with van der Waals surface area (Å²) in [7, 11) is 0. The van der Waals surface area contributed by atoms with Crippen LogP contribution in [0.15, 0.2) is 23.0 Å². The summed E-state index contributed by atoms with van der Waals surface area (Å²) in [5.74, 6) is 0.303. The van der Waals surface area contributed by atoms with Crippen LogP contribution in [-0.2, 0) is 13.0 Å². The lowest BCUT2D eigenvalue weighted by atomic mass is 10.1. The molecule has 0 spiro atoms. The van der Waals surface area contributed by atoms with E-state index in [2.05, 4.69) is 4.98 Å². The molecule has 2 aromatic rings. The number of aryl methyl sites for hydroxylation is 1. The highest BCUT2D eigenvalue weighted by Gasteiger charge is 2.15. The van der Waals surface area contributed by atoms with Gasteiger partial charge in [-0.05, 0) is 31.0 Å². The molecule has 92 valence electrons. The van der Waals surface area contributed by atoms with Crippen LogP contribution in [0.25, 0.3) is 10.9 Å². The summed E-state index contributed by atoms with van der Waals surface area (Å²) in [4.78, 5) is 27.9. The van der Waals surface area contributed by atoms with Crippen molar-refractivity contribution >= 4 is 16.8 Å². The standard InChI is InChI=1S/C13H13N3O2/c14-12(17)8-4-5-9-10(7-8)15-11-3-1-2-6-16(11)13(9)18/h4-5,7H,1-3,6H2,(H2,14,17). The smallest absolute Gasteiger partial charge is 0.261 e. The molecule has 1 aliphatic rings. The zero-order valence-corrected chi connectivity index (χ0v) is 9.85. The maximum Gasteiger partial charge on any atom is 0.261 e. The van der Waals surface area contributed by atoms with E-state index in [4.69, 9.17) is 5.73 Å². The number of hydrogen-bond donors (Lipinski definition) is 1. The van der Waals surface area contributed by atoms with Crippen molar-refractivity contribution in [2.45, 2.75) is 25.8 Å². The summed E-state index contributed by atoms with van der Waals surface area (Å²) in [6.45, 7) is 0.731. The minimum absolute atomic E-state index is 0.0225. The number of amides is 1. The Balaban J connectivity index is 2.31. The van der Waals surface area contributed by atoms with E-state index in [1.807, 2.05) is 0 Å². The summed E-state index contributed by atoms with van der Waals surface area (Å²) in [5, 5.41) is 0.547. The Bertz CT molecular complexity index is 703. The van der Waals surface area contributed by atoms with Crippen molar-refractivity contribution in [3.8, 4) is 0 Å². The monoisotopic (exact) mass is 243 g/mol. The average Bonchev–Trinajstić information content (AvgIpc) is 2.38. The lowest BCUT2D eigenvalue weighted by molar-refractivity contribution is 0.100. The van der Waals surface area contributed by atoms with E-state index in [1.165, 1.54) is 0 Å². The van der Waals surface area contributed by atoms with Gasteiger partial charge < -0.3 is 5.73 Å². The number of carbonyl (C=O) groups excluding carboxylic acids is 1. The molecule has 5 nitrogen and oxygen atoms in total. The van der Waals surface area contributed by atoms with Crippen molar-refractivity contribution in [1.82, 2.24) is 9.55 Å². The topological polar surface area (TPSA) is 78.0 Å². The Labute approximate surface area is 103 Å². The predicted molar refractivity (Wildman–Crippen MR) is 67.5 cm³/mol. The third-order valence-electron chi connectivity index (χ3n) is 3.35. The van der Waals surface area contributed by atoms with Gasteiger partial charge in [-0.1, -0.05) is 0 Å². The van der Waals surface area contributed by atoms with E-state index < -0.39 is 5.91 Å². The number of fused-ring (bicyclic) bond motifs is 2. The maximum absolute atomic E-state index is 12.3. The molecule has 1 aromatic carbocycles. The lowest BCUT2D eigenvalue weighted by Crippen LogP contribution is -2.28. The lowest BCUT2D eigenvalue weighted by Gasteiger charge is -2.17. The van der Waals surface area contributed by atoms with Crippen molar-refractivity contribution < 1.29 is 4.79 Å². The second-order valence-corrected chi connectivity index (χ2v) is 4.54. The van der Waals surface area contributed by atoms with E-state index in [-0.39, 0.29) is 5.56 Å². The van der Waals surface area contributed by atoms with Crippen LogP contribution in [0.5, 0.6) is 0 Å². The number of benzene rings is 1. The first kappa shape index (κ1) is 11.0. The molecule has 0 atom stereocenters. The van der Waals surface area contributed by atoms with Gasteiger partial charge >= 0.3 is 0 Å². The van der Waals surface area contributed by atoms with Crippen molar-refractivity contribution in [2.75, 3.05) is 0 Å². The van der Waals surface area contributed by atoms with Gasteiger partial charge in [0, 0.05) is 18.5 Å².